The smallest absolute Gasteiger partial charge is 0.245 e. The fourth-order valence-corrected chi connectivity index (χ4v) is 1.71. The number of aromatic nitrogens is 4. The number of halogens is 1. The van der Waals surface area contributed by atoms with Crippen LogP contribution in [0.3, 0.4) is 0 Å². The van der Waals surface area contributed by atoms with Crippen LogP contribution in [0, 0.1) is 13.0 Å². The van der Waals surface area contributed by atoms with Crippen LogP contribution in [-0.4, -0.2) is 19.9 Å². The van der Waals surface area contributed by atoms with Crippen LogP contribution in [0.5, 0.6) is 0 Å². The van der Waals surface area contributed by atoms with E-state index in [-0.39, 0.29) is 0 Å². The Hall–Kier alpha value is -1.56. The predicted octanol–water partition coefficient (Wildman–Crippen LogP) is 1.87. The van der Waals surface area contributed by atoms with Gasteiger partial charge in [-0.25, -0.2) is 15.0 Å². The normalized spacial score (nSPS) is 10.3. The van der Waals surface area contributed by atoms with E-state index in [1.165, 1.54) is 24.3 Å². The highest BCUT2D eigenvalue weighted by Crippen LogP contribution is 2.25. The molecule has 2 aromatic rings. The lowest BCUT2D eigenvalue weighted by atomic mass is 10.4. The molecule has 0 radical (unpaired) electrons. The molecular formula is C9H7FN4S. The van der Waals surface area contributed by atoms with Gasteiger partial charge >= 0.3 is 6.08 Å². The molecule has 0 aliphatic carbocycles. The van der Waals surface area contributed by atoms with Crippen LogP contribution < -0.4 is 0 Å². The zero-order valence-corrected chi connectivity index (χ0v) is 8.70. The summed E-state index contributed by atoms with van der Waals surface area (Å²) < 4.78 is 12.8. The van der Waals surface area contributed by atoms with Crippen LogP contribution >= 0.6 is 11.8 Å². The Kier molecular flexibility index (Phi) is 2.86. The molecule has 0 saturated heterocycles. The first kappa shape index (κ1) is 9.97. The molecule has 2 heterocycles. The maximum atomic E-state index is 12.8. The van der Waals surface area contributed by atoms with Gasteiger partial charge in [-0.2, -0.15) is 9.37 Å². The Morgan fingerprint density at radius 3 is 2.93 bits per heavy atom. The minimum absolute atomic E-state index is 0.571. The van der Waals surface area contributed by atoms with Gasteiger partial charge < -0.3 is 0 Å². The van der Waals surface area contributed by atoms with Crippen molar-refractivity contribution in [3.05, 3.63) is 36.4 Å². The van der Waals surface area contributed by atoms with Crippen LogP contribution in [0.1, 0.15) is 5.56 Å². The Balaban J connectivity index is 2.28. The standard InChI is InChI=1S/C9H7FN4S/c1-6-4-12-9(10)14-8(6)15-7-2-3-11-5-13-7/h2-5H,1H3. The summed E-state index contributed by atoms with van der Waals surface area (Å²) >= 11 is 1.29. The van der Waals surface area contributed by atoms with Crippen molar-refractivity contribution in [2.45, 2.75) is 17.0 Å². The lowest BCUT2D eigenvalue weighted by Gasteiger charge is -2.02. The van der Waals surface area contributed by atoms with E-state index in [0.717, 1.165) is 10.6 Å². The van der Waals surface area contributed by atoms with Crippen LogP contribution in [0.15, 0.2) is 34.8 Å². The highest BCUT2D eigenvalue weighted by atomic mass is 32.2. The molecule has 0 aliphatic rings. The number of hydrogen-bond donors (Lipinski definition) is 0. The van der Waals surface area contributed by atoms with E-state index in [1.807, 2.05) is 6.92 Å². The Morgan fingerprint density at radius 1 is 1.33 bits per heavy atom. The van der Waals surface area contributed by atoms with Crippen LogP contribution in [0.2, 0.25) is 0 Å². The minimum atomic E-state index is -0.725. The summed E-state index contributed by atoms with van der Waals surface area (Å²) in [7, 11) is 0. The maximum Gasteiger partial charge on any atom is 0.309 e. The summed E-state index contributed by atoms with van der Waals surface area (Å²) in [6.07, 6.45) is 3.79. The van der Waals surface area contributed by atoms with Gasteiger partial charge in [-0.3, -0.25) is 0 Å². The van der Waals surface area contributed by atoms with Crippen molar-refractivity contribution in [3.63, 3.8) is 0 Å². The highest BCUT2D eigenvalue weighted by molar-refractivity contribution is 7.99. The van der Waals surface area contributed by atoms with Crippen LogP contribution in [0.25, 0.3) is 0 Å². The molecule has 76 valence electrons. The molecule has 0 aliphatic heterocycles. The zero-order chi connectivity index (χ0) is 10.7. The largest absolute Gasteiger partial charge is 0.309 e. The SMILES string of the molecule is Cc1cnc(F)nc1Sc1ccncn1. The monoisotopic (exact) mass is 222 g/mol. The summed E-state index contributed by atoms with van der Waals surface area (Å²) in [5.41, 5.74) is 0.819. The Bertz CT molecular complexity index is 463. The molecule has 2 rings (SSSR count). The second-order valence-electron chi connectivity index (χ2n) is 2.78. The van der Waals surface area contributed by atoms with Crippen LogP contribution in [0.4, 0.5) is 4.39 Å². The fourth-order valence-electron chi connectivity index (χ4n) is 0.947. The van der Waals surface area contributed by atoms with Crippen molar-refractivity contribution in [3.8, 4) is 0 Å². The van der Waals surface area contributed by atoms with Gasteiger partial charge in [0.1, 0.15) is 16.4 Å². The molecule has 0 unspecified atom stereocenters. The van der Waals surface area contributed by atoms with Gasteiger partial charge in [0.25, 0.3) is 0 Å². The average Bonchev–Trinajstić information content (AvgIpc) is 2.25. The molecule has 0 fully saturated rings. The van der Waals surface area contributed by atoms with Crippen LogP contribution in [-0.2, 0) is 0 Å². The lowest BCUT2D eigenvalue weighted by Crippen LogP contribution is -1.94. The van der Waals surface area contributed by atoms with Crippen molar-refractivity contribution >= 4 is 11.8 Å². The third kappa shape index (κ3) is 2.47. The lowest BCUT2D eigenvalue weighted by molar-refractivity contribution is 0.524. The molecule has 0 atom stereocenters. The first-order valence-corrected chi connectivity index (χ1v) is 5.00. The Morgan fingerprint density at radius 2 is 2.20 bits per heavy atom. The molecule has 0 N–H and O–H groups in total. The fraction of sp³-hybridized carbons (Fsp3) is 0.111. The topological polar surface area (TPSA) is 51.6 Å². The van der Waals surface area contributed by atoms with E-state index < -0.39 is 6.08 Å². The van der Waals surface area contributed by atoms with Crippen molar-refractivity contribution in [2.24, 2.45) is 0 Å². The van der Waals surface area contributed by atoms with Gasteiger partial charge in [0.2, 0.25) is 0 Å². The first-order valence-electron chi connectivity index (χ1n) is 4.19. The minimum Gasteiger partial charge on any atom is -0.245 e. The number of rotatable bonds is 2. The van der Waals surface area contributed by atoms with Gasteiger partial charge in [-0.05, 0) is 24.8 Å². The van der Waals surface area contributed by atoms with Crippen molar-refractivity contribution in [1.82, 2.24) is 19.9 Å². The van der Waals surface area contributed by atoms with Gasteiger partial charge in [-0.15, -0.1) is 0 Å². The van der Waals surface area contributed by atoms with Crippen molar-refractivity contribution < 1.29 is 4.39 Å². The summed E-state index contributed by atoms with van der Waals surface area (Å²) in [6.45, 7) is 1.82. The maximum absolute atomic E-state index is 12.8. The third-order valence-corrected chi connectivity index (χ3v) is 2.71. The molecule has 0 bridgehead atoms. The second kappa shape index (κ2) is 4.31. The molecule has 0 amide bonds. The molecule has 0 saturated carbocycles. The van der Waals surface area contributed by atoms with Gasteiger partial charge in [0.05, 0.1) is 0 Å². The molecule has 4 nitrogen and oxygen atoms in total. The summed E-state index contributed by atoms with van der Waals surface area (Å²) in [6, 6.07) is 1.74. The van der Waals surface area contributed by atoms with Gasteiger partial charge in [0, 0.05) is 18.0 Å². The first-order chi connectivity index (χ1) is 7.25. The predicted molar refractivity (Wildman–Crippen MR) is 52.9 cm³/mol. The van der Waals surface area contributed by atoms with E-state index in [4.69, 9.17) is 0 Å². The molecule has 0 aromatic carbocycles. The number of hydrogen-bond acceptors (Lipinski definition) is 5. The molecule has 2 aromatic heterocycles. The van der Waals surface area contributed by atoms with Crippen molar-refractivity contribution in [1.29, 1.82) is 0 Å². The van der Waals surface area contributed by atoms with E-state index in [1.54, 1.807) is 12.3 Å². The number of nitrogens with zero attached hydrogens (tertiary/aromatic N) is 4. The summed E-state index contributed by atoms with van der Waals surface area (Å²) in [4.78, 5) is 15.0. The summed E-state index contributed by atoms with van der Waals surface area (Å²) in [5.74, 6) is 0. The molecule has 6 heteroatoms. The van der Waals surface area contributed by atoms with E-state index in [9.17, 15) is 4.39 Å². The Labute approximate surface area is 90.0 Å². The van der Waals surface area contributed by atoms with E-state index in [2.05, 4.69) is 19.9 Å². The highest BCUT2D eigenvalue weighted by Gasteiger charge is 2.05. The second-order valence-corrected chi connectivity index (χ2v) is 3.79. The zero-order valence-electron chi connectivity index (χ0n) is 7.88. The van der Waals surface area contributed by atoms with E-state index in [0.29, 0.717) is 5.03 Å². The van der Waals surface area contributed by atoms with E-state index >= 15 is 0 Å². The molecule has 0 spiro atoms. The van der Waals surface area contributed by atoms with Gasteiger partial charge in [0.15, 0.2) is 0 Å². The van der Waals surface area contributed by atoms with Gasteiger partial charge in [-0.1, -0.05) is 0 Å². The number of aryl methyl sites for hydroxylation is 1. The average molecular weight is 222 g/mol. The molecular weight excluding hydrogens is 215 g/mol. The summed E-state index contributed by atoms with van der Waals surface area (Å²) in [5, 5.41) is 1.30. The third-order valence-electron chi connectivity index (χ3n) is 1.65. The quantitative estimate of drug-likeness (QED) is 0.573. The molecule has 15 heavy (non-hydrogen) atoms. The van der Waals surface area contributed by atoms with Crippen molar-refractivity contribution in [2.75, 3.05) is 0 Å².